The quantitative estimate of drug-likeness (QED) is 0.722. The lowest BCUT2D eigenvalue weighted by atomic mass is 10.2. The molecule has 2 rings (SSSR count). The molecule has 0 bridgehead atoms. The van der Waals surface area contributed by atoms with Gasteiger partial charge in [0.05, 0.1) is 0 Å². The lowest BCUT2D eigenvalue weighted by Crippen LogP contribution is -2.51. The molecule has 2 aromatic carbocycles. The van der Waals surface area contributed by atoms with Crippen molar-refractivity contribution in [3.8, 4) is 0 Å². The van der Waals surface area contributed by atoms with Crippen LogP contribution in [0.1, 0.15) is 22.8 Å². The maximum atomic E-state index is 11.9. The molecule has 7 heteroatoms. The van der Waals surface area contributed by atoms with Gasteiger partial charge in [0, 0.05) is 5.56 Å². The number of alkyl carbamates (subject to hydrolysis) is 1. The van der Waals surface area contributed by atoms with Gasteiger partial charge in [-0.3, -0.25) is 20.4 Å². The number of hydrogen-bond donors (Lipinski definition) is 3. The lowest BCUT2D eigenvalue weighted by molar-refractivity contribution is -0.123. The van der Waals surface area contributed by atoms with Crippen molar-refractivity contribution in [3.05, 3.63) is 71.8 Å². The Kier molecular flexibility index (Phi) is 6.53. The topological polar surface area (TPSA) is 96.5 Å². The van der Waals surface area contributed by atoms with Crippen molar-refractivity contribution in [1.29, 1.82) is 0 Å². The van der Waals surface area contributed by atoms with Crippen LogP contribution in [-0.2, 0) is 16.1 Å². The molecule has 0 radical (unpaired) electrons. The summed E-state index contributed by atoms with van der Waals surface area (Å²) >= 11 is 0. The van der Waals surface area contributed by atoms with E-state index >= 15 is 0 Å². The Morgan fingerprint density at radius 2 is 1.52 bits per heavy atom. The predicted octanol–water partition coefficient (Wildman–Crippen LogP) is 1.76. The standard InChI is InChI=1S/C18H19N3O4/c1-13(19-18(24)25-12-14-8-4-2-5-9-14)16(22)20-21-17(23)15-10-6-3-7-11-15/h2-11,13H,12H2,1H3,(H,19,24)(H,20,22)(H,21,23)/t13-/m0/s1. The zero-order valence-corrected chi connectivity index (χ0v) is 13.7. The molecule has 0 aliphatic carbocycles. The van der Waals surface area contributed by atoms with Crippen LogP contribution in [0.15, 0.2) is 60.7 Å². The molecule has 0 heterocycles. The largest absolute Gasteiger partial charge is 0.445 e. The Hall–Kier alpha value is -3.35. The molecule has 0 saturated heterocycles. The molecule has 130 valence electrons. The Morgan fingerprint density at radius 1 is 0.920 bits per heavy atom. The van der Waals surface area contributed by atoms with Gasteiger partial charge in [-0.15, -0.1) is 0 Å². The van der Waals surface area contributed by atoms with Gasteiger partial charge < -0.3 is 10.1 Å². The van der Waals surface area contributed by atoms with Crippen molar-refractivity contribution in [2.75, 3.05) is 0 Å². The van der Waals surface area contributed by atoms with Crippen LogP contribution in [0.3, 0.4) is 0 Å². The second-order valence-electron chi connectivity index (χ2n) is 5.24. The van der Waals surface area contributed by atoms with Crippen molar-refractivity contribution in [2.45, 2.75) is 19.6 Å². The first-order valence-corrected chi connectivity index (χ1v) is 7.68. The van der Waals surface area contributed by atoms with E-state index in [-0.39, 0.29) is 6.61 Å². The van der Waals surface area contributed by atoms with Gasteiger partial charge >= 0.3 is 6.09 Å². The van der Waals surface area contributed by atoms with Gasteiger partial charge in [-0.1, -0.05) is 48.5 Å². The fourth-order valence-electron chi connectivity index (χ4n) is 1.90. The van der Waals surface area contributed by atoms with E-state index in [1.165, 1.54) is 6.92 Å². The summed E-state index contributed by atoms with van der Waals surface area (Å²) in [6, 6.07) is 16.7. The zero-order chi connectivity index (χ0) is 18.1. The maximum Gasteiger partial charge on any atom is 0.408 e. The predicted molar refractivity (Wildman–Crippen MR) is 91.3 cm³/mol. The van der Waals surface area contributed by atoms with Crippen molar-refractivity contribution in [2.24, 2.45) is 0 Å². The van der Waals surface area contributed by atoms with Crippen molar-refractivity contribution in [3.63, 3.8) is 0 Å². The SMILES string of the molecule is C[C@H](NC(=O)OCc1ccccc1)C(=O)NNC(=O)c1ccccc1. The number of rotatable bonds is 5. The number of hydrogen-bond acceptors (Lipinski definition) is 4. The summed E-state index contributed by atoms with van der Waals surface area (Å²) in [5, 5.41) is 2.39. The fourth-order valence-corrected chi connectivity index (χ4v) is 1.90. The van der Waals surface area contributed by atoms with Crippen LogP contribution < -0.4 is 16.2 Å². The molecule has 0 aromatic heterocycles. The lowest BCUT2D eigenvalue weighted by Gasteiger charge is -2.14. The van der Waals surface area contributed by atoms with E-state index in [9.17, 15) is 14.4 Å². The Morgan fingerprint density at radius 3 is 2.16 bits per heavy atom. The van der Waals surface area contributed by atoms with Crippen LogP contribution in [0.2, 0.25) is 0 Å². The zero-order valence-electron chi connectivity index (χ0n) is 13.7. The molecule has 7 nitrogen and oxygen atoms in total. The van der Waals surface area contributed by atoms with E-state index < -0.39 is 23.9 Å². The third-order valence-electron chi connectivity index (χ3n) is 3.28. The number of carbonyl (C=O) groups is 3. The van der Waals surface area contributed by atoms with E-state index in [0.29, 0.717) is 5.56 Å². The summed E-state index contributed by atoms with van der Waals surface area (Å²) in [7, 11) is 0. The van der Waals surface area contributed by atoms with Crippen LogP contribution in [0.5, 0.6) is 0 Å². The van der Waals surface area contributed by atoms with Crippen LogP contribution in [-0.4, -0.2) is 23.9 Å². The monoisotopic (exact) mass is 341 g/mol. The Labute approximate surface area is 145 Å². The first kappa shape index (κ1) is 18.0. The first-order valence-electron chi connectivity index (χ1n) is 7.68. The molecular formula is C18H19N3O4. The van der Waals surface area contributed by atoms with E-state index in [2.05, 4.69) is 16.2 Å². The van der Waals surface area contributed by atoms with Gasteiger partial charge in [0.15, 0.2) is 0 Å². The molecule has 0 fully saturated rings. The Balaban J connectivity index is 1.72. The molecule has 1 atom stereocenters. The summed E-state index contributed by atoms with van der Waals surface area (Å²) in [5.74, 6) is -1.02. The molecule has 0 aliphatic rings. The second-order valence-corrected chi connectivity index (χ2v) is 5.24. The number of hydrazine groups is 1. The molecule has 0 spiro atoms. The molecule has 0 saturated carbocycles. The van der Waals surface area contributed by atoms with Crippen LogP contribution in [0.4, 0.5) is 4.79 Å². The van der Waals surface area contributed by atoms with E-state index in [4.69, 9.17) is 4.74 Å². The summed E-state index contributed by atoms with van der Waals surface area (Å²) in [4.78, 5) is 35.4. The highest BCUT2D eigenvalue weighted by molar-refractivity contribution is 5.96. The summed E-state index contributed by atoms with van der Waals surface area (Å²) in [6.45, 7) is 1.58. The summed E-state index contributed by atoms with van der Waals surface area (Å²) in [6.07, 6.45) is -0.721. The first-order chi connectivity index (χ1) is 12.1. The summed E-state index contributed by atoms with van der Waals surface area (Å²) in [5.41, 5.74) is 5.78. The van der Waals surface area contributed by atoms with Crippen LogP contribution in [0, 0.1) is 0 Å². The average molecular weight is 341 g/mol. The number of amides is 3. The normalized spacial score (nSPS) is 11.1. The average Bonchev–Trinajstić information content (AvgIpc) is 2.65. The third-order valence-corrected chi connectivity index (χ3v) is 3.28. The number of benzene rings is 2. The Bertz CT molecular complexity index is 720. The van der Waals surface area contributed by atoms with Gasteiger partial charge in [-0.25, -0.2) is 4.79 Å². The molecule has 3 amide bonds. The van der Waals surface area contributed by atoms with Gasteiger partial charge in [0.2, 0.25) is 0 Å². The van der Waals surface area contributed by atoms with Crippen molar-refractivity contribution >= 4 is 17.9 Å². The molecule has 0 aliphatic heterocycles. The minimum Gasteiger partial charge on any atom is -0.445 e. The molecular weight excluding hydrogens is 322 g/mol. The molecule has 3 N–H and O–H groups in total. The van der Waals surface area contributed by atoms with Crippen molar-refractivity contribution in [1.82, 2.24) is 16.2 Å². The fraction of sp³-hybridized carbons (Fsp3) is 0.167. The van der Waals surface area contributed by atoms with Crippen LogP contribution in [0.25, 0.3) is 0 Å². The minimum absolute atomic E-state index is 0.103. The van der Waals surface area contributed by atoms with E-state index in [0.717, 1.165) is 5.56 Å². The maximum absolute atomic E-state index is 11.9. The molecule has 2 aromatic rings. The second kappa shape index (κ2) is 9.07. The third kappa shape index (κ3) is 5.98. The van der Waals surface area contributed by atoms with Crippen LogP contribution >= 0.6 is 0 Å². The highest BCUT2D eigenvalue weighted by atomic mass is 16.5. The summed E-state index contributed by atoms with van der Waals surface area (Å²) < 4.78 is 5.03. The highest BCUT2D eigenvalue weighted by Gasteiger charge is 2.17. The van der Waals surface area contributed by atoms with Gasteiger partial charge in [-0.05, 0) is 24.6 Å². The number of ether oxygens (including phenoxy) is 1. The van der Waals surface area contributed by atoms with Gasteiger partial charge in [0.1, 0.15) is 12.6 Å². The van der Waals surface area contributed by atoms with Gasteiger partial charge in [0.25, 0.3) is 11.8 Å². The van der Waals surface area contributed by atoms with E-state index in [1.807, 2.05) is 30.3 Å². The smallest absolute Gasteiger partial charge is 0.408 e. The highest BCUT2D eigenvalue weighted by Crippen LogP contribution is 2.01. The van der Waals surface area contributed by atoms with Crippen molar-refractivity contribution < 1.29 is 19.1 Å². The number of carbonyl (C=O) groups excluding carboxylic acids is 3. The van der Waals surface area contributed by atoms with Gasteiger partial charge in [-0.2, -0.15) is 0 Å². The molecule has 0 unspecified atom stereocenters. The molecule has 25 heavy (non-hydrogen) atoms. The minimum atomic E-state index is -0.876. The number of nitrogens with one attached hydrogen (secondary N) is 3. The van der Waals surface area contributed by atoms with E-state index in [1.54, 1.807) is 30.3 Å².